The van der Waals surface area contributed by atoms with Crippen LogP contribution in [0.2, 0.25) is 0 Å². The molecule has 0 fully saturated rings. The number of halogens is 3. The molecule has 2 rings (SSSR count). The first-order valence-corrected chi connectivity index (χ1v) is 8.65. The molecule has 0 saturated carbocycles. The van der Waals surface area contributed by atoms with Gasteiger partial charge in [-0.15, -0.1) is 13.2 Å². The molecule has 0 heterocycles. The van der Waals surface area contributed by atoms with Gasteiger partial charge in [0.05, 0.1) is 6.04 Å². The summed E-state index contributed by atoms with van der Waals surface area (Å²) in [5, 5.41) is 5.50. The smallest absolute Gasteiger partial charge is 0.406 e. The van der Waals surface area contributed by atoms with Gasteiger partial charge in [-0.05, 0) is 43.7 Å². The minimum atomic E-state index is -4.75. The normalized spacial score (nSPS) is 13.3. The summed E-state index contributed by atoms with van der Waals surface area (Å²) >= 11 is 0. The van der Waals surface area contributed by atoms with Crippen LogP contribution in [0.25, 0.3) is 0 Å². The van der Waals surface area contributed by atoms with Crippen LogP contribution in [0, 0.1) is 0 Å². The molecule has 2 amide bonds. The van der Waals surface area contributed by atoms with Crippen molar-refractivity contribution in [3.05, 3.63) is 65.7 Å². The number of carbonyl (C=O) groups excluding carboxylic acids is 2. The second-order valence-corrected chi connectivity index (χ2v) is 6.35. The summed E-state index contributed by atoms with van der Waals surface area (Å²) in [5.74, 6) is -0.884. The lowest BCUT2D eigenvalue weighted by Crippen LogP contribution is -2.37. The molecule has 0 aromatic heterocycles. The van der Waals surface area contributed by atoms with Crippen molar-refractivity contribution in [2.75, 3.05) is 0 Å². The Morgan fingerprint density at radius 3 is 2.14 bits per heavy atom. The highest BCUT2D eigenvalue weighted by molar-refractivity contribution is 5.94. The number of rotatable bonds is 7. The molecule has 2 aromatic rings. The van der Waals surface area contributed by atoms with Gasteiger partial charge in [0.15, 0.2) is 0 Å². The standard InChI is InChI=1S/C20H21F3N2O3/c1-13(24-19(27)16-6-4-3-5-7-16)12-18(26)25-14(2)15-8-10-17(11-9-15)28-20(21,22)23/h3-11,13-14H,12H2,1-2H3,(H,24,27)(H,25,26). The second kappa shape index (κ2) is 9.25. The summed E-state index contributed by atoms with van der Waals surface area (Å²) in [5.41, 5.74) is 1.13. The van der Waals surface area contributed by atoms with Gasteiger partial charge in [0, 0.05) is 18.0 Å². The predicted octanol–water partition coefficient (Wildman–Crippen LogP) is 3.97. The Hall–Kier alpha value is -3.03. The number of benzene rings is 2. The van der Waals surface area contributed by atoms with E-state index in [0.717, 1.165) is 0 Å². The Kier molecular flexibility index (Phi) is 7.03. The maximum absolute atomic E-state index is 12.2. The first-order valence-electron chi connectivity index (χ1n) is 8.65. The maximum atomic E-state index is 12.2. The highest BCUT2D eigenvalue weighted by atomic mass is 19.4. The van der Waals surface area contributed by atoms with E-state index < -0.39 is 12.4 Å². The number of hydrogen-bond donors (Lipinski definition) is 2. The third-order valence-corrected chi connectivity index (χ3v) is 3.90. The first kappa shape index (κ1) is 21.3. The molecule has 0 radical (unpaired) electrons. The average Bonchev–Trinajstić information content (AvgIpc) is 2.61. The number of nitrogens with one attached hydrogen (secondary N) is 2. The van der Waals surface area contributed by atoms with E-state index in [4.69, 9.17) is 0 Å². The van der Waals surface area contributed by atoms with E-state index in [1.54, 1.807) is 44.2 Å². The zero-order valence-corrected chi connectivity index (χ0v) is 15.4. The van der Waals surface area contributed by atoms with Crippen LogP contribution in [0.5, 0.6) is 5.75 Å². The summed E-state index contributed by atoms with van der Waals surface area (Å²) in [6.07, 6.45) is -4.68. The minimum absolute atomic E-state index is 0.0676. The average molecular weight is 394 g/mol. The van der Waals surface area contributed by atoms with Crippen LogP contribution in [-0.4, -0.2) is 24.2 Å². The lowest BCUT2D eigenvalue weighted by atomic mass is 10.1. The molecule has 0 saturated heterocycles. The molecule has 150 valence electrons. The molecule has 8 heteroatoms. The van der Waals surface area contributed by atoms with E-state index in [2.05, 4.69) is 15.4 Å². The third kappa shape index (κ3) is 6.94. The predicted molar refractivity (Wildman–Crippen MR) is 97.7 cm³/mol. The van der Waals surface area contributed by atoms with Gasteiger partial charge in [-0.2, -0.15) is 0 Å². The van der Waals surface area contributed by atoms with Crippen molar-refractivity contribution in [1.82, 2.24) is 10.6 Å². The number of ether oxygens (including phenoxy) is 1. The summed E-state index contributed by atoms with van der Waals surface area (Å²) in [4.78, 5) is 24.3. The molecule has 0 spiro atoms. The van der Waals surface area contributed by atoms with Gasteiger partial charge in [0.1, 0.15) is 5.75 Å². The van der Waals surface area contributed by atoms with E-state index >= 15 is 0 Å². The van der Waals surface area contributed by atoms with E-state index in [9.17, 15) is 22.8 Å². The topological polar surface area (TPSA) is 67.4 Å². The summed E-state index contributed by atoms with van der Waals surface area (Å²) in [6, 6.07) is 13.1. The molecule has 0 aliphatic heterocycles. The van der Waals surface area contributed by atoms with Crippen molar-refractivity contribution in [3.8, 4) is 5.75 Å². The molecule has 0 aliphatic carbocycles. The van der Waals surface area contributed by atoms with Crippen molar-refractivity contribution in [2.45, 2.75) is 38.7 Å². The molecule has 28 heavy (non-hydrogen) atoms. The lowest BCUT2D eigenvalue weighted by Gasteiger charge is -2.18. The first-order chi connectivity index (χ1) is 13.1. The van der Waals surface area contributed by atoms with Crippen molar-refractivity contribution in [3.63, 3.8) is 0 Å². The molecular formula is C20H21F3N2O3. The quantitative estimate of drug-likeness (QED) is 0.747. The number of alkyl halides is 3. The molecule has 0 bridgehead atoms. The molecule has 2 atom stereocenters. The maximum Gasteiger partial charge on any atom is 0.573 e. The van der Waals surface area contributed by atoms with Crippen LogP contribution >= 0.6 is 0 Å². The Labute approximate surface area is 160 Å². The van der Waals surface area contributed by atoms with Crippen molar-refractivity contribution < 1.29 is 27.5 Å². The van der Waals surface area contributed by atoms with Crippen LogP contribution in [0.3, 0.4) is 0 Å². The molecule has 2 aromatic carbocycles. The molecule has 5 nitrogen and oxygen atoms in total. The molecule has 0 aliphatic rings. The second-order valence-electron chi connectivity index (χ2n) is 6.35. The summed E-state index contributed by atoms with van der Waals surface area (Å²) in [7, 11) is 0. The fourth-order valence-electron chi connectivity index (χ4n) is 2.57. The Bertz CT molecular complexity index is 793. The van der Waals surface area contributed by atoms with Crippen LogP contribution in [0.1, 0.15) is 42.2 Å². The van der Waals surface area contributed by atoms with Gasteiger partial charge in [0.25, 0.3) is 5.91 Å². The number of amides is 2. The van der Waals surface area contributed by atoms with Crippen LogP contribution < -0.4 is 15.4 Å². The van der Waals surface area contributed by atoms with Gasteiger partial charge < -0.3 is 15.4 Å². The zero-order chi connectivity index (χ0) is 20.7. The lowest BCUT2D eigenvalue weighted by molar-refractivity contribution is -0.274. The largest absolute Gasteiger partial charge is 0.573 e. The van der Waals surface area contributed by atoms with Crippen molar-refractivity contribution in [1.29, 1.82) is 0 Å². The van der Waals surface area contributed by atoms with Gasteiger partial charge in [0.2, 0.25) is 5.91 Å². The summed E-state index contributed by atoms with van der Waals surface area (Å²) in [6.45, 7) is 3.43. The number of carbonyl (C=O) groups is 2. The zero-order valence-electron chi connectivity index (χ0n) is 15.4. The van der Waals surface area contributed by atoms with E-state index in [1.165, 1.54) is 24.3 Å². The molecule has 2 unspecified atom stereocenters. The van der Waals surface area contributed by atoms with E-state index in [0.29, 0.717) is 11.1 Å². The third-order valence-electron chi connectivity index (χ3n) is 3.90. The van der Waals surface area contributed by atoms with Gasteiger partial charge in [-0.25, -0.2) is 0 Å². The Morgan fingerprint density at radius 1 is 0.964 bits per heavy atom. The number of hydrogen-bond acceptors (Lipinski definition) is 3. The van der Waals surface area contributed by atoms with Crippen LogP contribution in [0.15, 0.2) is 54.6 Å². The van der Waals surface area contributed by atoms with E-state index in [1.807, 2.05) is 0 Å². The highest BCUT2D eigenvalue weighted by Gasteiger charge is 2.31. The Morgan fingerprint density at radius 2 is 1.57 bits per heavy atom. The van der Waals surface area contributed by atoms with Crippen LogP contribution in [0.4, 0.5) is 13.2 Å². The summed E-state index contributed by atoms with van der Waals surface area (Å²) < 4.78 is 40.4. The molecular weight excluding hydrogens is 373 g/mol. The monoisotopic (exact) mass is 394 g/mol. The van der Waals surface area contributed by atoms with Crippen LogP contribution in [-0.2, 0) is 4.79 Å². The van der Waals surface area contributed by atoms with Gasteiger partial charge in [-0.3, -0.25) is 9.59 Å². The Balaban J connectivity index is 1.84. The fourth-order valence-corrected chi connectivity index (χ4v) is 2.57. The van der Waals surface area contributed by atoms with Gasteiger partial charge >= 0.3 is 6.36 Å². The highest BCUT2D eigenvalue weighted by Crippen LogP contribution is 2.24. The molecule has 2 N–H and O–H groups in total. The van der Waals surface area contributed by atoms with E-state index in [-0.39, 0.29) is 30.0 Å². The fraction of sp³-hybridized carbons (Fsp3) is 0.300. The van der Waals surface area contributed by atoms with Gasteiger partial charge in [-0.1, -0.05) is 30.3 Å². The SMILES string of the molecule is CC(CC(=O)NC(C)c1ccc(OC(F)(F)F)cc1)NC(=O)c1ccccc1. The van der Waals surface area contributed by atoms with Crippen molar-refractivity contribution >= 4 is 11.8 Å². The minimum Gasteiger partial charge on any atom is -0.406 e. The van der Waals surface area contributed by atoms with Crippen molar-refractivity contribution in [2.24, 2.45) is 0 Å².